The topological polar surface area (TPSA) is 132 Å². The Bertz CT molecular complexity index is 2070. The van der Waals surface area contributed by atoms with Gasteiger partial charge in [0.1, 0.15) is 11.5 Å². The summed E-state index contributed by atoms with van der Waals surface area (Å²) in [6.45, 7) is 0. The molecule has 8 nitrogen and oxygen atoms in total. The van der Waals surface area contributed by atoms with E-state index in [-0.39, 0.29) is 43.5 Å². The third kappa shape index (κ3) is 3.25. The molecule has 0 aromatic heterocycles. The van der Waals surface area contributed by atoms with Crippen molar-refractivity contribution in [2.75, 3.05) is 0 Å². The Kier molecular flexibility index (Phi) is 4.55. The lowest BCUT2D eigenvalue weighted by Crippen LogP contribution is -2.28. The lowest BCUT2D eigenvalue weighted by Gasteiger charge is -2.10. The van der Waals surface area contributed by atoms with E-state index in [4.69, 9.17) is 0 Å². The van der Waals surface area contributed by atoms with Crippen LogP contribution in [0.3, 0.4) is 0 Å². The second-order valence-corrected chi connectivity index (χ2v) is 9.22. The molecule has 5 rings (SSSR count). The molecule has 0 bridgehead atoms. The summed E-state index contributed by atoms with van der Waals surface area (Å²) in [6.07, 6.45) is 0. The van der Waals surface area contributed by atoms with Crippen LogP contribution in [0.2, 0.25) is 0 Å². The Morgan fingerprint density at radius 1 is 0.600 bits per heavy atom. The Hall–Kier alpha value is -4.32. The molecule has 0 unspecified atom stereocenters. The molecular weight excluding hydrogens is 493 g/mol. The fourth-order valence-electron chi connectivity index (χ4n) is 3.98. The van der Waals surface area contributed by atoms with Gasteiger partial charge in [-0.05, 0) is 48.5 Å². The SMILES string of the molecule is O=c1c2ccc(O)cc2c(=O)c2cc3c(=O)c4cc(OS(=O)(=O)C(F)(F)F)ccc4c(=O)c3cc12. The highest BCUT2D eigenvalue weighted by Gasteiger charge is 2.48. The number of benzene rings is 5. The van der Waals surface area contributed by atoms with Crippen LogP contribution in [0.5, 0.6) is 11.5 Å². The van der Waals surface area contributed by atoms with Crippen LogP contribution in [0.1, 0.15) is 0 Å². The Labute approximate surface area is 190 Å². The van der Waals surface area contributed by atoms with Crippen molar-refractivity contribution in [2.45, 2.75) is 5.51 Å². The van der Waals surface area contributed by atoms with Gasteiger partial charge in [0.2, 0.25) is 0 Å². The van der Waals surface area contributed by atoms with Crippen LogP contribution in [0.4, 0.5) is 13.2 Å². The van der Waals surface area contributed by atoms with Crippen LogP contribution in [0, 0.1) is 0 Å². The molecule has 0 aliphatic carbocycles. The van der Waals surface area contributed by atoms with Crippen LogP contribution in [-0.4, -0.2) is 19.0 Å². The first kappa shape index (κ1) is 22.5. The summed E-state index contributed by atoms with van der Waals surface area (Å²) < 4.78 is 64.6. The van der Waals surface area contributed by atoms with E-state index < -0.39 is 48.5 Å². The molecule has 0 aliphatic heterocycles. The fourth-order valence-corrected chi connectivity index (χ4v) is 4.44. The highest BCUT2D eigenvalue weighted by molar-refractivity contribution is 7.88. The van der Waals surface area contributed by atoms with E-state index in [2.05, 4.69) is 4.18 Å². The van der Waals surface area contributed by atoms with Gasteiger partial charge in [-0.2, -0.15) is 21.6 Å². The Balaban J connectivity index is 1.87. The molecule has 5 aromatic carbocycles. The smallest absolute Gasteiger partial charge is 0.508 e. The molecule has 0 saturated carbocycles. The highest BCUT2D eigenvalue weighted by Crippen LogP contribution is 2.28. The maximum atomic E-state index is 13.1. The van der Waals surface area contributed by atoms with Gasteiger partial charge in [0.05, 0.1) is 0 Å². The summed E-state index contributed by atoms with van der Waals surface area (Å²) in [6, 6.07) is 8.09. The molecule has 0 aliphatic rings. The minimum Gasteiger partial charge on any atom is -0.508 e. The van der Waals surface area contributed by atoms with Crippen molar-refractivity contribution in [2.24, 2.45) is 0 Å². The number of rotatable bonds is 2. The van der Waals surface area contributed by atoms with Crippen LogP contribution < -0.4 is 25.9 Å². The van der Waals surface area contributed by atoms with Crippen molar-refractivity contribution in [1.82, 2.24) is 0 Å². The van der Waals surface area contributed by atoms with Gasteiger partial charge >= 0.3 is 15.6 Å². The molecule has 35 heavy (non-hydrogen) atoms. The van der Waals surface area contributed by atoms with E-state index in [9.17, 15) is 45.9 Å². The predicted octanol–water partition coefficient (Wildman–Crippen LogP) is 2.55. The Morgan fingerprint density at radius 2 is 1.00 bits per heavy atom. The average molecular weight is 502 g/mol. The van der Waals surface area contributed by atoms with E-state index in [0.717, 1.165) is 30.3 Å². The minimum absolute atomic E-state index is 0.00268. The molecule has 0 amide bonds. The monoisotopic (exact) mass is 502 g/mol. The third-order valence-corrected chi connectivity index (χ3v) is 6.58. The summed E-state index contributed by atoms with van der Waals surface area (Å²) in [5.74, 6) is -1.12. The summed E-state index contributed by atoms with van der Waals surface area (Å²) in [5.41, 5.74) is -8.67. The first-order valence-corrected chi connectivity index (χ1v) is 11.1. The number of aromatic hydroxyl groups is 1. The van der Waals surface area contributed by atoms with E-state index >= 15 is 0 Å². The van der Waals surface area contributed by atoms with Gasteiger partial charge in [-0.1, -0.05) is 0 Å². The van der Waals surface area contributed by atoms with Crippen molar-refractivity contribution in [3.8, 4) is 11.5 Å². The molecular formula is C23H9F3O8S. The zero-order chi connectivity index (χ0) is 25.4. The zero-order valence-electron chi connectivity index (χ0n) is 17.0. The summed E-state index contributed by atoms with van der Waals surface area (Å²) in [4.78, 5) is 52.1. The van der Waals surface area contributed by atoms with Crippen molar-refractivity contribution >= 4 is 53.2 Å². The van der Waals surface area contributed by atoms with Crippen LogP contribution in [0.15, 0.2) is 67.7 Å². The molecule has 0 heterocycles. The normalized spacial score (nSPS) is 12.7. The van der Waals surface area contributed by atoms with Gasteiger partial charge < -0.3 is 9.29 Å². The largest absolute Gasteiger partial charge is 0.534 e. The number of hydrogen-bond acceptors (Lipinski definition) is 8. The number of fused-ring (bicyclic) bond motifs is 4. The quantitative estimate of drug-likeness (QED) is 0.221. The molecule has 12 heteroatoms. The van der Waals surface area contributed by atoms with E-state index in [1.54, 1.807) is 0 Å². The van der Waals surface area contributed by atoms with Gasteiger partial charge in [-0.15, -0.1) is 0 Å². The highest BCUT2D eigenvalue weighted by atomic mass is 32.2. The molecule has 0 radical (unpaired) electrons. The molecule has 0 spiro atoms. The van der Waals surface area contributed by atoms with Crippen molar-refractivity contribution in [3.63, 3.8) is 0 Å². The summed E-state index contributed by atoms with van der Waals surface area (Å²) >= 11 is 0. The van der Waals surface area contributed by atoms with E-state index in [0.29, 0.717) is 6.07 Å². The fraction of sp³-hybridized carbons (Fsp3) is 0.0435. The number of phenols is 1. The minimum atomic E-state index is -6.03. The summed E-state index contributed by atoms with van der Waals surface area (Å²) in [7, 11) is -6.03. The van der Waals surface area contributed by atoms with Crippen molar-refractivity contribution in [1.29, 1.82) is 0 Å². The zero-order valence-corrected chi connectivity index (χ0v) is 17.8. The van der Waals surface area contributed by atoms with E-state index in [1.165, 1.54) is 12.1 Å². The first-order valence-electron chi connectivity index (χ1n) is 9.65. The van der Waals surface area contributed by atoms with Gasteiger partial charge in [-0.25, -0.2) is 0 Å². The maximum absolute atomic E-state index is 13.1. The molecule has 5 aromatic rings. The Morgan fingerprint density at radius 3 is 1.49 bits per heavy atom. The van der Waals surface area contributed by atoms with Crippen LogP contribution in [0.25, 0.3) is 43.1 Å². The number of hydrogen-bond donors (Lipinski definition) is 1. The average Bonchev–Trinajstić information content (AvgIpc) is 2.79. The molecule has 0 saturated heterocycles. The molecule has 176 valence electrons. The predicted molar refractivity (Wildman–Crippen MR) is 121 cm³/mol. The van der Waals surface area contributed by atoms with Crippen molar-refractivity contribution < 1.29 is 30.9 Å². The number of halogens is 3. The van der Waals surface area contributed by atoms with Gasteiger partial charge in [0.25, 0.3) is 0 Å². The van der Waals surface area contributed by atoms with Crippen LogP contribution >= 0.6 is 0 Å². The second-order valence-electron chi connectivity index (χ2n) is 7.68. The standard InChI is InChI=1S/C23H9F3O8S/c24-23(25,26)35(32,33)34-10-2-4-12-14(6-10)22(31)18-8-17-15(7-16(18)20(12)29)19(28)11-3-1-9(27)5-13(11)21(17)30/h1-8,27H. The lowest BCUT2D eigenvalue weighted by atomic mass is 9.96. The number of alkyl halides is 3. The van der Waals surface area contributed by atoms with Gasteiger partial charge in [-0.3, -0.25) is 19.2 Å². The molecule has 0 fully saturated rings. The van der Waals surface area contributed by atoms with E-state index in [1.807, 2.05) is 0 Å². The second kappa shape index (κ2) is 7.09. The van der Waals surface area contributed by atoms with Crippen molar-refractivity contribution in [3.05, 3.63) is 89.4 Å². The molecule has 0 atom stereocenters. The maximum Gasteiger partial charge on any atom is 0.534 e. The molecule has 1 N–H and O–H groups in total. The van der Waals surface area contributed by atoms with Crippen LogP contribution in [-0.2, 0) is 10.1 Å². The summed E-state index contributed by atoms with van der Waals surface area (Å²) in [5, 5.41) is 8.05. The third-order valence-electron chi connectivity index (χ3n) is 5.60. The lowest BCUT2D eigenvalue weighted by molar-refractivity contribution is -0.0500. The first-order chi connectivity index (χ1) is 16.3. The van der Waals surface area contributed by atoms with Gasteiger partial charge in [0.15, 0.2) is 21.7 Å². The van der Waals surface area contributed by atoms with Gasteiger partial charge in [0, 0.05) is 43.1 Å². The number of phenolic OH excluding ortho intramolecular Hbond substituents is 1.